The summed E-state index contributed by atoms with van der Waals surface area (Å²) in [5.74, 6) is -0.192. The van der Waals surface area contributed by atoms with Crippen LogP contribution in [-0.2, 0) is 0 Å². The zero-order valence-corrected chi connectivity index (χ0v) is 9.89. The molecule has 0 rings (SSSR count). The van der Waals surface area contributed by atoms with Crippen molar-refractivity contribution < 1.29 is 0 Å². The largest absolute Gasteiger partial charge is 0.198 e. The van der Waals surface area contributed by atoms with E-state index < -0.39 is 0 Å². The highest BCUT2D eigenvalue weighted by atomic mass is 14.3. The Morgan fingerprint density at radius 2 is 1.18 bits per heavy atom. The van der Waals surface area contributed by atoms with E-state index in [4.69, 9.17) is 21.0 Å². The van der Waals surface area contributed by atoms with Crippen molar-refractivity contribution in [3.8, 4) is 24.3 Å². The van der Waals surface area contributed by atoms with Gasteiger partial charge in [-0.15, -0.1) is 0 Å². The van der Waals surface area contributed by atoms with Crippen molar-refractivity contribution >= 4 is 0 Å². The third-order valence-electron chi connectivity index (χ3n) is 2.67. The van der Waals surface area contributed by atoms with Crippen LogP contribution in [0.4, 0.5) is 0 Å². The van der Waals surface area contributed by atoms with Crippen LogP contribution >= 0.6 is 0 Å². The van der Waals surface area contributed by atoms with Crippen LogP contribution in [0.5, 0.6) is 0 Å². The third-order valence-corrected chi connectivity index (χ3v) is 2.67. The van der Waals surface area contributed by atoms with Crippen LogP contribution in [0.2, 0.25) is 0 Å². The fourth-order valence-electron chi connectivity index (χ4n) is 1.62. The highest BCUT2D eigenvalue weighted by molar-refractivity contribution is 4.89. The summed E-state index contributed by atoms with van der Waals surface area (Å²) < 4.78 is 0. The average Bonchev–Trinajstić information content (AvgIpc) is 2.36. The van der Waals surface area contributed by atoms with Crippen LogP contribution in [0.1, 0.15) is 44.9 Å². The van der Waals surface area contributed by atoms with Gasteiger partial charge in [-0.05, 0) is 32.1 Å². The maximum Gasteiger partial charge on any atom is 0.0656 e. The third kappa shape index (κ3) is 7.84. The van der Waals surface area contributed by atoms with E-state index in [1.807, 2.05) is 6.07 Å². The summed E-state index contributed by atoms with van der Waals surface area (Å²) in [6.07, 6.45) is 4.28. The van der Waals surface area contributed by atoms with Gasteiger partial charge in [0.05, 0.1) is 24.3 Å². The minimum atomic E-state index is -0.124. The van der Waals surface area contributed by atoms with Crippen molar-refractivity contribution in [1.29, 1.82) is 21.0 Å². The molecule has 0 aliphatic carbocycles. The number of hydrogen-bond acceptors (Lipinski definition) is 4. The molecule has 4 nitrogen and oxygen atoms in total. The first-order valence-corrected chi connectivity index (χ1v) is 5.81. The van der Waals surface area contributed by atoms with Crippen molar-refractivity contribution in [3.63, 3.8) is 0 Å². The number of rotatable bonds is 8. The average molecular weight is 228 g/mol. The molecular weight excluding hydrogens is 212 g/mol. The fourth-order valence-corrected chi connectivity index (χ4v) is 1.62. The van der Waals surface area contributed by atoms with Gasteiger partial charge in [0.25, 0.3) is 0 Å². The number of unbranched alkanes of at least 4 members (excludes halogenated alkanes) is 1. The van der Waals surface area contributed by atoms with Crippen molar-refractivity contribution in [2.75, 3.05) is 0 Å². The molecular formula is C13H16N4. The van der Waals surface area contributed by atoms with Gasteiger partial charge in [0.1, 0.15) is 0 Å². The molecule has 0 N–H and O–H groups in total. The standard InChI is InChI=1S/C13H16N4/c14-8-2-1-4-12(10-16)6-7-13(11-17)5-3-9-15/h12-13H,1-7H2. The van der Waals surface area contributed by atoms with Gasteiger partial charge in [0.2, 0.25) is 0 Å². The highest BCUT2D eigenvalue weighted by Gasteiger charge is 2.12. The monoisotopic (exact) mass is 228 g/mol. The van der Waals surface area contributed by atoms with Gasteiger partial charge in [-0.1, -0.05) is 0 Å². The Kier molecular flexibility index (Phi) is 9.22. The Balaban J connectivity index is 3.89. The van der Waals surface area contributed by atoms with E-state index in [9.17, 15) is 0 Å². The Morgan fingerprint density at radius 3 is 1.65 bits per heavy atom. The second kappa shape index (κ2) is 10.5. The van der Waals surface area contributed by atoms with E-state index in [2.05, 4.69) is 18.2 Å². The van der Waals surface area contributed by atoms with E-state index >= 15 is 0 Å². The summed E-state index contributed by atoms with van der Waals surface area (Å²) >= 11 is 0. The predicted octanol–water partition coefficient (Wildman–Crippen LogP) is 3.04. The molecule has 0 aliphatic heterocycles. The lowest BCUT2D eigenvalue weighted by molar-refractivity contribution is 0.457. The molecule has 0 saturated carbocycles. The van der Waals surface area contributed by atoms with Crippen molar-refractivity contribution in [3.05, 3.63) is 0 Å². The van der Waals surface area contributed by atoms with Gasteiger partial charge in [-0.2, -0.15) is 21.0 Å². The van der Waals surface area contributed by atoms with Gasteiger partial charge in [-0.25, -0.2) is 0 Å². The fraction of sp³-hybridized carbons (Fsp3) is 0.692. The highest BCUT2D eigenvalue weighted by Crippen LogP contribution is 2.20. The molecule has 0 spiro atoms. The Labute approximate surface area is 103 Å². The van der Waals surface area contributed by atoms with Crippen LogP contribution in [0, 0.1) is 57.2 Å². The molecule has 0 heterocycles. The summed E-state index contributed by atoms with van der Waals surface area (Å²) in [4.78, 5) is 0. The van der Waals surface area contributed by atoms with Crippen molar-refractivity contribution in [1.82, 2.24) is 0 Å². The van der Waals surface area contributed by atoms with Gasteiger partial charge in [0, 0.05) is 24.7 Å². The summed E-state index contributed by atoms with van der Waals surface area (Å²) in [7, 11) is 0. The maximum atomic E-state index is 8.92. The predicted molar refractivity (Wildman–Crippen MR) is 61.8 cm³/mol. The minimum Gasteiger partial charge on any atom is -0.198 e. The normalized spacial score (nSPS) is 12.5. The van der Waals surface area contributed by atoms with E-state index in [0.717, 1.165) is 12.8 Å². The molecule has 0 fully saturated rings. The molecule has 0 aromatic heterocycles. The lowest BCUT2D eigenvalue weighted by atomic mass is 9.91. The second-order valence-electron chi connectivity index (χ2n) is 3.98. The summed E-state index contributed by atoms with van der Waals surface area (Å²) in [5, 5.41) is 34.6. The SMILES string of the molecule is N#CCCCC(C#N)CCC(C#N)CCC#N. The molecule has 0 saturated heterocycles. The second-order valence-corrected chi connectivity index (χ2v) is 3.98. The van der Waals surface area contributed by atoms with E-state index in [0.29, 0.717) is 32.1 Å². The van der Waals surface area contributed by atoms with Crippen LogP contribution < -0.4 is 0 Å². The molecule has 2 atom stereocenters. The van der Waals surface area contributed by atoms with Crippen molar-refractivity contribution in [2.45, 2.75) is 44.9 Å². The molecule has 0 bridgehead atoms. The molecule has 0 amide bonds. The van der Waals surface area contributed by atoms with E-state index in [1.54, 1.807) is 0 Å². The van der Waals surface area contributed by atoms with Gasteiger partial charge in [-0.3, -0.25) is 0 Å². The number of nitriles is 4. The molecule has 0 aromatic carbocycles. The smallest absolute Gasteiger partial charge is 0.0656 e. The first-order valence-electron chi connectivity index (χ1n) is 5.81. The first kappa shape index (κ1) is 15.0. The lowest BCUT2D eigenvalue weighted by Gasteiger charge is -2.10. The lowest BCUT2D eigenvalue weighted by Crippen LogP contribution is -2.03. The molecule has 0 aromatic rings. The number of nitrogens with zero attached hydrogens (tertiary/aromatic N) is 4. The van der Waals surface area contributed by atoms with Gasteiger partial charge < -0.3 is 0 Å². The Hall–Kier alpha value is -2.04. The molecule has 4 heteroatoms. The molecule has 17 heavy (non-hydrogen) atoms. The maximum absolute atomic E-state index is 8.92. The number of hydrogen-bond donors (Lipinski definition) is 0. The Bertz CT molecular complexity index is 361. The molecule has 0 radical (unpaired) electrons. The first-order chi connectivity index (χ1) is 8.28. The van der Waals surface area contributed by atoms with Crippen LogP contribution in [0.25, 0.3) is 0 Å². The van der Waals surface area contributed by atoms with Crippen LogP contribution in [0.3, 0.4) is 0 Å². The zero-order valence-electron chi connectivity index (χ0n) is 9.89. The molecule has 88 valence electrons. The topological polar surface area (TPSA) is 95.2 Å². The molecule has 0 aliphatic rings. The van der Waals surface area contributed by atoms with Gasteiger partial charge >= 0.3 is 0 Å². The summed E-state index contributed by atoms with van der Waals surface area (Å²) in [5.41, 5.74) is 0. The quantitative estimate of drug-likeness (QED) is 0.596. The summed E-state index contributed by atoms with van der Waals surface area (Å²) in [6, 6.07) is 8.46. The van der Waals surface area contributed by atoms with Gasteiger partial charge in [0.15, 0.2) is 0 Å². The minimum absolute atomic E-state index is 0.0683. The molecule has 2 unspecified atom stereocenters. The summed E-state index contributed by atoms with van der Waals surface area (Å²) in [6.45, 7) is 0. The van der Waals surface area contributed by atoms with E-state index in [1.165, 1.54) is 0 Å². The Morgan fingerprint density at radius 1 is 0.647 bits per heavy atom. The van der Waals surface area contributed by atoms with Crippen LogP contribution in [-0.4, -0.2) is 0 Å². The van der Waals surface area contributed by atoms with Crippen LogP contribution in [0.15, 0.2) is 0 Å². The van der Waals surface area contributed by atoms with E-state index in [-0.39, 0.29) is 11.8 Å². The zero-order chi connectivity index (χ0) is 12.9. The van der Waals surface area contributed by atoms with Crippen molar-refractivity contribution in [2.24, 2.45) is 11.8 Å².